The van der Waals surface area contributed by atoms with E-state index in [0.717, 1.165) is 60.2 Å². The summed E-state index contributed by atoms with van der Waals surface area (Å²) in [6.45, 7) is 9.65. The lowest BCUT2D eigenvalue weighted by molar-refractivity contribution is -0.112. The van der Waals surface area contributed by atoms with Gasteiger partial charge in [0.2, 0.25) is 0 Å². The molecule has 1 N–H and O–H groups in total. The maximum Gasteiger partial charge on any atom is 0.298 e. The van der Waals surface area contributed by atoms with Gasteiger partial charge in [0.05, 0.1) is 5.88 Å². The zero-order chi connectivity index (χ0) is 28.2. The SMILES string of the molecule is CSCn1c(C)cc(-c2ccccc2)c1C(=O)C(=O)Nc1ccc(N2CCN(c3cc(C)cc(C)n3)CC2)cc1. The van der Waals surface area contributed by atoms with Crippen LogP contribution in [0.3, 0.4) is 0 Å². The average Bonchev–Trinajstić information content (AvgIpc) is 3.29. The molecule has 1 aliphatic rings. The van der Waals surface area contributed by atoms with E-state index in [2.05, 4.69) is 34.2 Å². The molecule has 8 heteroatoms. The van der Waals surface area contributed by atoms with Gasteiger partial charge < -0.3 is 19.7 Å². The highest BCUT2D eigenvalue weighted by Gasteiger charge is 2.26. The lowest BCUT2D eigenvalue weighted by Crippen LogP contribution is -2.46. The summed E-state index contributed by atoms with van der Waals surface area (Å²) in [5.41, 5.74) is 7.01. The molecule has 7 nitrogen and oxygen atoms in total. The molecule has 0 spiro atoms. The van der Waals surface area contributed by atoms with Crippen molar-refractivity contribution in [2.24, 2.45) is 0 Å². The third kappa shape index (κ3) is 5.92. The molecule has 3 heterocycles. The standard InChI is InChI=1S/C32H35N5O2S/c1-22-18-23(2)33-29(19-22)36-16-14-35(15-17-36)27-12-10-26(11-13-27)34-32(39)31(38)30-28(25-8-6-5-7-9-25)20-24(3)37(30)21-40-4/h5-13,18-20H,14-17,21H2,1-4H3,(H,34,39). The average molecular weight is 554 g/mol. The van der Waals surface area contributed by atoms with Crippen molar-refractivity contribution in [3.63, 3.8) is 0 Å². The number of amides is 1. The van der Waals surface area contributed by atoms with Crippen LogP contribution in [0.15, 0.2) is 72.8 Å². The van der Waals surface area contributed by atoms with Gasteiger partial charge in [0.25, 0.3) is 11.7 Å². The van der Waals surface area contributed by atoms with Crippen molar-refractivity contribution in [2.45, 2.75) is 26.6 Å². The van der Waals surface area contributed by atoms with Crippen molar-refractivity contribution in [1.82, 2.24) is 9.55 Å². The molecule has 2 aromatic heterocycles. The van der Waals surface area contributed by atoms with Crippen LogP contribution in [-0.2, 0) is 10.7 Å². The van der Waals surface area contributed by atoms with Crippen molar-refractivity contribution in [3.05, 3.63) is 95.4 Å². The first kappa shape index (κ1) is 27.5. The number of aromatic nitrogens is 2. The Labute approximate surface area is 240 Å². The summed E-state index contributed by atoms with van der Waals surface area (Å²) in [4.78, 5) is 36.0. The molecular formula is C32H35N5O2S. The third-order valence-electron chi connectivity index (χ3n) is 7.25. The Bertz CT molecular complexity index is 1490. The molecule has 0 bridgehead atoms. The number of carbonyl (C=O) groups is 2. The van der Waals surface area contributed by atoms with E-state index in [0.29, 0.717) is 17.3 Å². The highest BCUT2D eigenvalue weighted by atomic mass is 32.2. The van der Waals surface area contributed by atoms with Gasteiger partial charge in [0, 0.05) is 54.5 Å². The summed E-state index contributed by atoms with van der Waals surface area (Å²) in [7, 11) is 0. The Morgan fingerprint density at radius 3 is 2.20 bits per heavy atom. The number of pyridine rings is 1. The number of Topliss-reactive ketones (excluding diaryl/α,β-unsaturated/α-hetero) is 1. The third-order valence-corrected chi connectivity index (χ3v) is 7.76. The number of benzene rings is 2. The number of hydrogen-bond donors (Lipinski definition) is 1. The van der Waals surface area contributed by atoms with Crippen LogP contribution in [-0.4, -0.2) is 53.7 Å². The topological polar surface area (TPSA) is 70.5 Å². The molecule has 0 saturated carbocycles. The fraction of sp³-hybridized carbons (Fsp3) is 0.281. The molecule has 4 aromatic rings. The van der Waals surface area contributed by atoms with E-state index in [-0.39, 0.29) is 0 Å². The van der Waals surface area contributed by atoms with Crippen molar-refractivity contribution in [3.8, 4) is 11.1 Å². The fourth-order valence-electron chi connectivity index (χ4n) is 5.28. The molecule has 0 aliphatic carbocycles. The first-order valence-electron chi connectivity index (χ1n) is 13.5. The zero-order valence-corrected chi connectivity index (χ0v) is 24.3. The Morgan fingerprint density at radius 2 is 1.55 bits per heavy atom. The summed E-state index contributed by atoms with van der Waals surface area (Å²) in [6, 6.07) is 23.7. The fourth-order valence-corrected chi connectivity index (χ4v) is 5.87. The highest BCUT2D eigenvalue weighted by Crippen LogP contribution is 2.29. The number of aryl methyl sites for hydroxylation is 3. The predicted octanol–water partition coefficient (Wildman–Crippen LogP) is 5.94. The minimum atomic E-state index is -0.639. The Kier molecular flexibility index (Phi) is 8.26. The van der Waals surface area contributed by atoms with Crippen molar-refractivity contribution in [2.75, 3.05) is 47.6 Å². The number of nitrogens with one attached hydrogen (secondary N) is 1. The number of ketones is 1. The van der Waals surface area contributed by atoms with E-state index in [4.69, 9.17) is 4.98 Å². The van der Waals surface area contributed by atoms with Crippen LogP contribution in [0.4, 0.5) is 17.2 Å². The van der Waals surface area contributed by atoms with Crippen molar-refractivity contribution >= 4 is 40.6 Å². The number of nitrogens with zero attached hydrogens (tertiary/aromatic N) is 4. The van der Waals surface area contributed by atoms with Crippen molar-refractivity contribution < 1.29 is 9.59 Å². The van der Waals surface area contributed by atoms with Gasteiger partial charge in [-0.2, -0.15) is 0 Å². The second-order valence-corrected chi connectivity index (χ2v) is 11.0. The monoisotopic (exact) mass is 553 g/mol. The first-order valence-corrected chi connectivity index (χ1v) is 14.9. The van der Waals surface area contributed by atoms with Crippen LogP contribution in [0.25, 0.3) is 11.1 Å². The number of hydrogen-bond acceptors (Lipinski definition) is 6. The van der Waals surface area contributed by atoms with Gasteiger partial charge in [-0.3, -0.25) is 9.59 Å². The smallest absolute Gasteiger partial charge is 0.298 e. The van der Waals surface area contributed by atoms with E-state index in [9.17, 15) is 9.59 Å². The quantitative estimate of drug-likeness (QED) is 0.215. The normalized spacial score (nSPS) is 13.4. The molecule has 206 valence electrons. The second kappa shape index (κ2) is 12.0. The molecule has 1 amide bonds. The Hall–Kier alpha value is -4.04. The van der Waals surface area contributed by atoms with E-state index in [1.807, 2.05) is 85.3 Å². The minimum absolute atomic E-state index is 0.420. The van der Waals surface area contributed by atoms with Gasteiger partial charge in [-0.25, -0.2) is 4.98 Å². The maximum absolute atomic E-state index is 13.5. The summed E-state index contributed by atoms with van der Waals surface area (Å²) in [5, 5.41) is 2.82. The maximum atomic E-state index is 13.5. The van der Waals surface area contributed by atoms with E-state index >= 15 is 0 Å². The molecule has 0 radical (unpaired) electrons. The van der Waals surface area contributed by atoms with E-state index in [1.165, 1.54) is 5.56 Å². The van der Waals surface area contributed by atoms with Gasteiger partial charge in [0.1, 0.15) is 11.5 Å². The Morgan fingerprint density at radius 1 is 0.875 bits per heavy atom. The zero-order valence-electron chi connectivity index (χ0n) is 23.5. The summed E-state index contributed by atoms with van der Waals surface area (Å²) in [6.07, 6.45) is 1.98. The van der Waals surface area contributed by atoms with Gasteiger partial charge in [-0.15, -0.1) is 11.8 Å². The van der Waals surface area contributed by atoms with Crippen LogP contribution < -0.4 is 15.1 Å². The van der Waals surface area contributed by atoms with Gasteiger partial charge >= 0.3 is 0 Å². The van der Waals surface area contributed by atoms with Crippen LogP contribution >= 0.6 is 11.8 Å². The number of anilines is 3. The van der Waals surface area contributed by atoms with Crippen LogP contribution in [0.1, 0.15) is 27.4 Å². The lowest BCUT2D eigenvalue weighted by atomic mass is 10.0. The summed E-state index contributed by atoms with van der Waals surface area (Å²) in [5.74, 6) is 0.449. The largest absolute Gasteiger partial charge is 0.368 e. The van der Waals surface area contributed by atoms with Gasteiger partial charge in [-0.1, -0.05) is 30.3 Å². The summed E-state index contributed by atoms with van der Waals surface area (Å²) >= 11 is 1.61. The van der Waals surface area contributed by atoms with Crippen LogP contribution in [0.5, 0.6) is 0 Å². The highest BCUT2D eigenvalue weighted by molar-refractivity contribution is 7.97. The predicted molar refractivity (Wildman–Crippen MR) is 166 cm³/mol. The van der Waals surface area contributed by atoms with Gasteiger partial charge in [-0.05, 0) is 80.6 Å². The van der Waals surface area contributed by atoms with E-state index in [1.54, 1.807) is 11.8 Å². The number of piperazine rings is 1. The minimum Gasteiger partial charge on any atom is -0.368 e. The van der Waals surface area contributed by atoms with E-state index < -0.39 is 11.7 Å². The first-order chi connectivity index (χ1) is 19.3. The molecule has 1 fully saturated rings. The number of carbonyl (C=O) groups excluding carboxylic acids is 2. The second-order valence-electron chi connectivity index (χ2n) is 10.2. The lowest BCUT2D eigenvalue weighted by Gasteiger charge is -2.37. The molecule has 40 heavy (non-hydrogen) atoms. The summed E-state index contributed by atoms with van der Waals surface area (Å²) < 4.78 is 1.92. The molecule has 1 aliphatic heterocycles. The molecule has 0 atom stereocenters. The Balaban J connectivity index is 1.26. The number of thioether (sulfide) groups is 1. The van der Waals surface area contributed by atoms with Crippen LogP contribution in [0.2, 0.25) is 0 Å². The van der Waals surface area contributed by atoms with Gasteiger partial charge in [0.15, 0.2) is 0 Å². The molecular weight excluding hydrogens is 518 g/mol. The molecule has 1 saturated heterocycles. The molecule has 0 unspecified atom stereocenters. The van der Waals surface area contributed by atoms with Crippen molar-refractivity contribution in [1.29, 1.82) is 0 Å². The molecule has 2 aromatic carbocycles. The molecule has 5 rings (SSSR count). The van der Waals surface area contributed by atoms with Crippen LogP contribution in [0, 0.1) is 20.8 Å². The number of rotatable bonds is 8.